The first kappa shape index (κ1) is 12.9. The van der Waals surface area contributed by atoms with Gasteiger partial charge < -0.3 is 5.11 Å². The SMILES string of the molecule is OCc1c(-c2ccc(Cl)cc2)n[nH]c1C(F)(F)F. The van der Waals surface area contributed by atoms with Gasteiger partial charge in [0.2, 0.25) is 0 Å². The fourth-order valence-corrected chi connectivity index (χ4v) is 1.73. The van der Waals surface area contributed by atoms with Gasteiger partial charge in [0, 0.05) is 16.1 Å². The molecule has 1 aromatic carbocycles. The first-order valence-electron chi connectivity index (χ1n) is 4.94. The second-order valence-electron chi connectivity index (χ2n) is 3.59. The Hall–Kier alpha value is -1.53. The molecule has 0 aliphatic carbocycles. The molecule has 0 saturated heterocycles. The molecule has 2 N–H and O–H groups in total. The summed E-state index contributed by atoms with van der Waals surface area (Å²) < 4.78 is 37.9. The molecular weight excluding hydrogens is 269 g/mol. The van der Waals surface area contributed by atoms with Crippen molar-refractivity contribution in [1.29, 1.82) is 0 Å². The lowest BCUT2D eigenvalue weighted by Gasteiger charge is -2.06. The standard InChI is InChI=1S/C11H8ClF3N2O/c12-7-3-1-6(2-4-7)9-8(5-18)10(17-16-9)11(13,14)15/h1-4,18H,5H2,(H,16,17). The van der Waals surface area contributed by atoms with Crippen LogP contribution in [0.3, 0.4) is 0 Å². The van der Waals surface area contributed by atoms with Crippen LogP contribution >= 0.6 is 11.6 Å². The first-order valence-corrected chi connectivity index (χ1v) is 5.32. The second-order valence-corrected chi connectivity index (χ2v) is 4.02. The number of H-pyrrole nitrogens is 1. The maximum atomic E-state index is 12.6. The highest BCUT2D eigenvalue weighted by Crippen LogP contribution is 2.35. The lowest BCUT2D eigenvalue weighted by atomic mass is 10.1. The lowest BCUT2D eigenvalue weighted by molar-refractivity contribution is -0.142. The van der Waals surface area contributed by atoms with E-state index in [2.05, 4.69) is 5.10 Å². The van der Waals surface area contributed by atoms with Crippen molar-refractivity contribution in [3.8, 4) is 11.3 Å². The van der Waals surface area contributed by atoms with Crippen molar-refractivity contribution in [2.45, 2.75) is 12.8 Å². The molecule has 0 saturated carbocycles. The number of halogens is 4. The number of aliphatic hydroxyl groups excluding tert-OH is 1. The Morgan fingerprint density at radius 3 is 2.33 bits per heavy atom. The summed E-state index contributed by atoms with van der Waals surface area (Å²) in [4.78, 5) is 0. The van der Waals surface area contributed by atoms with Gasteiger partial charge in [-0.2, -0.15) is 18.3 Å². The van der Waals surface area contributed by atoms with Crippen molar-refractivity contribution in [2.24, 2.45) is 0 Å². The molecule has 0 unspecified atom stereocenters. The molecule has 2 aromatic rings. The largest absolute Gasteiger partial charge is 0.433 e. The van der Waals surface area contributed by atoms with Crippen LogP contribution in [0, 0.1) is 0 Å². The van der Waals surface area contributed by atoms with Crippen molar-refractivity contribution in [2.75, 3.05) is 0 Å². The monoisotopic (exact) mass is 276 g/mol. The van der Waals surface area contributed by atoms with Crippen molar-refractivity contribution in [3.63, 3.8) is 0 Å². The third kappa shape index (κ3) is 2.34. The Morgan fingerprint density at radius 2 is 1.83 bits per heavy atom. The van der Waals surface area contributed by atoms with E-state index in [9.17, 15) is 13.2 Å². The molecule has 0 bridgehead atoms. The normalized spacial score (nSPS) is 11.8. The van der Waals surface area contributed by atoms with Crippen LogP contribution in [0.5, 0.6) is 0 Å². The van der Waals surface area contributed by atoms with Crippen molar-refractivity contribution in [1.82, 2.24) is 10.2 Å². The minimum Gasteiger partial charge on any atom is -0.392 e. The number of nitrogens with zero attached hydrogens (tertiary/aromatic N) is 1. The Kier molecular flexibility index (Phi) is 3.32. The molecule has 18 heavy (non-hydrogen) atoms. The zero-order valence-electron chi connectivity index (χ0n) is 8.92. The predicted octanol–water partition coefficient (Wildman–Crippen LogP) is 3.24. The van der Waals surface area contributed by atoms with Crippen LogP contribution < -0.4 is 0 Å². The van der Waals surface area contributed by atoms with Crippen LogP contribution in [0.2, 0.25) is 5.02 Å². The molecule has 7 heteroatoms. The third-order valence-corrected chi connectivity index (χ3v) is 2.68. The van der Waals surface area contributed by atoms with Gasteiger partial charge in [0.15, 0.2) is 0 Å². The second kappa shape index (κ2) is 4.62. The highest BCUT2D eigenvalue weighted by atomic mass is 35.5. The molecule has 0 amide bonds. The van der Waals surface area contributed by atoms with E-state index in [1.165, 1.54) is 12.1 Å². The minimum absolute atomic E-state index is 0.0708. The molecule has 1 aromatic heterocycles. The molecule has 3 nitrogen and oxygen atoms in total. The Bertz CT molecular complexity index is 548. The molecule has 0 atom stereocenters. The number of hydrogen-bond donors (Lipinski definition) is 2. The van der Waals surface area contributed by atoms with Gasteiger partial charge in [-0.3, -0.25) is 5.10 Å². The molecular formula is C11H8ClF3N2O. The number of aromatic amines is 1. The highest BCUT2D eigenvalue weighted by molar-refractivity contribution is 6.30. The van der Waals surface area contributed by atoms with Gasteiger partial charge in [0.25, 0.3) is 0 Å². The molecule has 2 rings (SSSR count). The first-order chi connectivity index (χ1) is 8.43. The van der Waals surface area contributed by atoms with Crippen molar-refractivity contribution < 1.29 is 18.3 Å². The van der Waals surface area contributed by atoms with E-state index in [1.807, 2.05) is 5.10 Å². The van der Waals surface area contributed by atoms with Gasteiger partial charge in [0.05, 0.1) is 12.3 Å². The quantitative estimate of drug-likeness (QED) is 0.885. The molecule has 1 heterocycles. The summed E-state index contributed by atoms with van der Waals surface area (Å²) in [6, 6.07) is 6.16. The third-order valence-electron chi connectivity index (χ3n) is 2.43. The maximum Gasteiger partial charge on any atom is 0.433 e. The maximum absolute atomic E-state index is 12.6. The van der Waals surface area contributed by atoms with Crippen LogP contribution in [-0.4, -0.2) is 15.3 Å². The Labute approximate surface area is 105 Å². The number of hydrogen-bond acceptors (Lipinski definition) is 2. The van der Waals surface area contributed by atoms with Gasteiger partial charge in [-0.1, -0.05) is 23.7 Å². The molecule has 0 spiro atoms. The fourth-order valence-electron chi connectivity index (χ4n) is 1.60. The zero-order valence-corrected chi connectivity index (χ0v) is 9.68. The number of aromatic nitrogens is 2. The highest BCUT2D eigenvalue weighted by Gasteiger charge is 2.37. The van der Waals surface area contributed by atoms with Gasteiger partial charge in [-0.15, -0.1) is 0 Å². The van der Waals surface area contributed by atoms with E-state index in [0.717, 1.165) is 0 Å². The van der Waals surface area contributed by atoms with Crippen LogP contribution in [0.25, 0.3) is 11.3 Å². The van der Waals surface area contributed by atoms with Crippen LogP contribution in [-0.2, 0) is 12.8 Å². The van der Waals surface area contributed by atoms with Gasteiger partial charge >= 0.3 is 6.18 Å². The predicted molar refractivity (Wildman–Crippen MR) is 60.0 cm³/mol. The number of rotatable bonds is 2. The summed E-state index contributed by atoms with van der Waals surface area (Å²) >= 11 is 5.69. The van der Waals surface area contributed by atoms with Crippen LogP contribution in [0.4, 0.5) is 13.2 Å². The molecule has 0 fully saturated rings. The lowest BCUT2D eigenvalue weighted by Crippen LogP contribution is -2.09. The number of nitrogens with one attached hydrogen (secondary N) is 1. The van der Waals surface area contributed by atoms with Gasteiger partial charge in [-0.05, 0) is 12.1 Å². The van der Waals surface area contributed by atoms with Crippen LogP contribution in [0.1, 0.15) is 11.3 Å². The summed E-state index contributed by atoms with van der Waals surface area (Å²) in [6.07, 6.45) is -4.57. The van der Waals surface area contributed by atoms with Gasteiger partial charge in [0.1, 0.15) is 5.69 Å². The van der Waals surface area contributed by atoms with Gasteiger partial charge in [-0.25, -0.2) is 0 Å². The van der Waals surface area contributed by atoms with E-state index < -0.39 is 18.5 Å². The van der Waals surface area contributed by atoms with E-state index in [4.69, 9.17) is 16.7 Å². The molecule has 0 aliphatic heterocycles. The average Bonchev–Trinajstić information content (AvgIpc) is 2.73. The number of alkyl halides is 3. The Balaban J connectivity index is 2.52. The van der Waals surface area contributed by atoms with E-state index in [-0.39, 0.29) is 11.3 Å². The van der Waals surface area contributed by atoms with E-state index >= 15 is 0 Å². The molecule has 0 radical (unpaired) electrons. The summed E-state index contributed by atoms with van der Waals surface area (Å²) in [5.41, 5.74) is -0.781. The van der Waals surface area contributed by atoms with Crippen molar-refractivity contribution in [3.05, 3.63) is 40.5 Å². The fraction of sp³-hybridized carbons (Fsp3) is 0.182. The smallest absolute Gasteiger partial charge is 0.392 e. The zero-order chi connectivity index (χ0) is 13.3. The number of benzene rings is 1. The van der Waals surface area contributed by atoms with E-state index in [0.29, 0.717) is 10.6 Å². The topological polar surface area (TPSA) is 48.9 Å². The molecule has 0 aliphatic rings. The van der Waals surface area contributed by atoms with E-state index in [1.54, 1.807) is 12.1 Å². The minimum atomic E-state index is -4.57. The summed E-state index contributed by atoms with van der Waals surface area (Å²) in [7, 11) is 0. The summed E-state index contributed by atoms with van der Waals surface area (Å²) in [5, 5.41) is 15.1. The van der Waals surface area contributed by atoms with Crippen LogP contribution in [0.15, 0.2) is 24.3 Å². The average molecular weight is 277 g/mol. The summed E-state index contributed by atoms with van der Waals surface area (Å²) in [6.45, 7) is -0.747. The molecule has 96 valence electrons. The van der Waals surface area contributed by atoms with Crippen molar-refractivity contribution >= 4 is 11.6 Å². The number of aliphatic hydroxyl groups is 1. The summed E-state index contributed by atoms with van der Waals surface area (Å²) in [5.74, 6) is 0. The Morgan fingerprint density at radius 1 is 1.22 bits per heavy atom.